The van der Waals surface area contributed by atoms with Gasteiger partial charge in [-0.1, -0.05) is 24.2 Å². The number of hydrogen-bond donors (Lipinski definition) is 4. The second-order valence-electron chi connectivity index (χ2n) is 9.44. The lowest BCUT2D eigenvalue weighted by molar-refractivity contribution is -0.137. The second-order valence-corrected chi connectivity index (χ2v) is 14.7. The number of nitrogens with zero attached hydrogens (tertiary/aromatic N) is 1. The summed E-state index contributed by atoms with van der Waals surface area (Å²) in [5.41, 5.74) is -1.31. The molecule has 2 aliphatic rings. The maximum Gasteiger partial charge on any atom is 0.330 e. The van der Waals surface area contributed by atoms with E-state index in [9.17, 15) is 24.4 Å². The molecule has 0 bridgehead atoms. The molecule has 35 heavy (non-hydrogen) atoms. The van der Waals surface area contributed by atoms with E-state index in [0.717, 1.165) is 36.3 Å². The number of aliphatic hydroxyl groups is 2. The molecule has 11 nitrogen and oxygen atoms in total. The van der Waals surface area contributed by atoms with Crippen LogP contribution in [0.3, 0.4) is 0 Å². The van der Waals surface area contributed by atoms with Gasteiger partial charge in [0, 0.05) is 17.5 Å². The van der Waals surface area contributed by atoms with Crippen LogP contribution >= 0.6 is 29.7 Å². The minimum Gasteiger partial charge on any atom is -0.388 e. The fourth-order valence-corrected chi connectivity index (χ4v) is 9.39. The van der Waals surface area contributed by atoms with Crippen LogP contribution in [0.1, 0.15) is 59.6 Å². The van der Waals surface area contributed by atoms with E-state index in [1.807, 2.05) is 0 Å². The first-order valence-corrected chi connectivity index (χ1v) is 15.2. The van der Waals surface area contributed by atoms with Crippen molar-refractivity contribution in [3.63, 3.8) is 0 Å². The van der Waals surface area contributed by atoms with Gasteiger partial charge in [0.1, 0.15) is 17.1 Å². The van der Waals surface area contributed by atoms with E-state index in [0.29, 0.717) is 0 Å². The molecule has 1 saturated heterocycles. The quantitative estimate of drug-likeness (QED) is 0.182. The SMILES string of the molecule is CC(C)OC(O)[C@@H](C)N[P@@](=O)(OC[C@H]1O[C@@H](n2ccc(=O)[nH]c2=O)[C@](C)(Cl)[C@@H]1O)SC1CCCC1. The average Bonchev–Trinajstić information content (AvgIpc) is 3.33. The van der Waals surface area contributed by atoms with Gasteiger partial charge in [-0.15, -0.1) is 11.6 Å². The molecule has 1 saturated carbocycles. The molecule has 0 radical (unpaired) electrons. The van der Waals surface area contributed by atoms with E-state index >= 15 is 0 Å². The summed E-state index contributed by atoms with van der Waals surface area (Å²) in [6.45, 7) is 2.87. The Labute approximate surface area is 213 Å². The topological polar surface area (TPSA) is 152 Å². The Balaban J connectivity index is 1.74. The Morgan fingerprint density at radius 3 is 2.63 bits per heavy atom. The molecular formula is C21H35ClN3O8PS. The molecule has 7 atom stereocenters. The zero-order chi connectivity index (χ0) is 26.0. The van der Waals surface area contributed by atoms with Crippen molar-refractivity contribution in [3.8, 4) is 0 Å². The number of aliphatic hydroxyl groups excluding tert-OH is 2. The van der Waals surface area contributed by atoms with Gasteiger partial charge in [0.15, 0.2) is 12.5 Å². The highest BCUT2D eigenvalue weighted by atomic mass is 35.5. The van der Waals surface area contributed by atoms with Gasteiger partial charge in [0.05, 0.1) is 18.8 Å². The monoisotopic (exact) mass is 555 g/mol. The van der Waals surface area contributed by atoms with Crippen molar-refractivity contribution in [1.82, 2.24) is 14.6 Å². The van der Waals surface area contributed by atoms with Gasteiger partial charge in [-0.2, -0.15) is 0 Å². The van der Waals surface area contributed by atoms with Crippen LogP contribution < -0.4 is 16.3 Å². The number of halogens is 1. The van der Waals surface area contributed by atoms with Crippen LogP contribution in [0.25, 0.3) is 0 Å². The maximum absolute atomic E-state index is 13.8. The predicted molar refractivity (Wildman–Crippen MR) is 134 cm³/mol. The molecule has 1 aliphatic carbocycles. The third-order valence-corrected chi connectivity index (χ3v) is 11.1. The molecule has 1 aromatic rings. The minimum atomic E-state index is -3.57. The Bertz CT molecular complexity index is 1010. The van der Waals surface area contributed by atoms with Crippen molar-refractivity contribution in [2.75, 3.05) is 6.61 Å². The average molecular weight is 556 g/mol. The van der Waals surface area contributed by atoms with Crippen LogP contribution in [-0.2, 0) is 18.6 Å². The van der Waals surface area contributed by atoms with Gasteiger partial charge in [-0.25, -0.2) is 9.88 Å². The van der Waals surface area contributed by atoms with Crippen LogP contribution in [0.5, 0.6) is 0 Å². The molecular weight excluding hydrogens is 521 g/mol. The number of hydrogen-bond acceptors (Lipinski definition) is 9. The summed E-state index contributed by atoms with van der Waals surface area (Å²) in [7, 11) is 0. The van der Waals surface area contributed by atoms with Crippen molar-refractivity contribution in [3.05, 3.63) is 33.1 Å². The summed E-state index contributed by atoms with van der Waals surface area (Å²) in [4.78, 5) is 24.4. The Kier molecular flexibility index (Phi) is 9.73. The number of nitrogens with one attached hydrogen (secondary N) is 2. The number of rotatable bonds is 11. The Morgan fingerprint density at radius 2 is 2.03 bits per heavy atom. The molecule has 4 N–H and O–H groups in total. The Morgan fingerprint density at radius 1 is 1.37 bits per heavy atom. The fourth-order valence-electron chi connectivity index (χ4n) is 4.13. The highest BCUT2D eigenvalue weighted by Gasteiger charge is 2.54. The first kappa shape index (κ1) is 28.9. The summed E-state index contributed by atoms with van der Waals surface area (Å²) in [5.74, 6) is 0. The number of alkyl halides is 1. The van der Waals surface area contributed by atoms with E-state index in [1.54, 1.807) is 20.8 Å². The lowest BCUT2D eigenvalue weighted by atomic mass is 10.0. The van der Waals surface area contributed by atoms with Gasteiger partial charge in [-0.05, 0) is 40.5 Å². The summed E-state index contributed by atoms with van der Waals surface area (Å²) in [6, 6.07) is 0.452. The zero-order valence-electron chi connectivity index (χ0n) is 20.3. The Hall–Kier alpha value is -0.690. The summed E-state index contributed by atoms with van der Waals surface area (Å²) in [6.07, 6.45) is 0.305. The van der Waals surface area contributed by atoms with Crippen molar-refractivity contribution in [1.29, 1.82) is 0 Å². The van der Waals surface area contributed by atoms with Crippen molar-refractivity contribution < 1.29 is 28.8 Å². The molecule has 1 unspecified atom stereocenters. The molecule has 1 aromatic heterocycles. The van der Waals surface area contributed by atoms with E-state index in [-0.39, 0.29) is 18.0 Å². The van der Waals surface area contributed by atoms with Crippen molar-refractivity contribution in [2.45, 2.75) is 100 Å². The van der Waals surface area contributed by atoms with E-state index in [1.165, 1.54) is 24.5 Å². The van der Waals surface area contributed by atoms with Crippen LogP contribution in [0, 0.1) is 0 Å². The standard InChI is InChI=1S/C21H35ClN3O8PS/c1-12(2)32-18(28)13(3)24-34(30,35-14-7-5-6-8-14)31-11-15-17(27)21(4,22)19(33-15)25-10-9-16(26)23-20(25)29/h9-10,12-15,17-19,27-28H,5-8,11H2,1-4H3,(H,24,30)(H,23,26,29)/t13-,15-,17-,18?,19-,21-,34-/m1/s1. The van der Waals surface area contributed by atoms with Gasteiger partial charge in [0.25, 0.3) is 5.56 Å². The first-order chi connectivity index (χ1) is 16.3. The van der Waals surface area contributed by atoms with Crippen LogP contribution in [-0.4, -0.2) is 67.1 Å². The fraction of sp³-hybridized carbons (Fsp3) is 0.810. The normalized spacial score (nSPS) is 31.0. The van der Waals surface area contributed by atoms with Crippen LogP contribution in [0.15, 0.2) is 21.9 Å². The largest absolute Gasteiger partial charge is 0.388 e. The van der Waals surface area contributed by atoms with Crippen molar-refractivity contribution in [2.24, 2.45) is 0 Å². The molecule has 0 amide bonds. The minimum absolute atomic E-state index is 0.129. The van der Waals surface area contributed by atoms with Crippen LogP contribution in [0.4, 0.5) is 0 Å². The van der Waals surface area contributed by atoms with Gasteiger partial charge < -0.3 is 24.2 Å². The zero-order valence-corrected chi connectivity index (χ0v) is 22.7. The number of aromatic amines is 1. The van der Waals surface area contributed by atoms with Gasteiger partial charge in [0.2, 0.25) is 0 Å². The molecule has 0 spiro atoms. The lowest BCUT2D eigenvalue weighted by Gasteiger charge is -2.29. The highest BCUT2D eigenvalue weighted by molar-refractivity contribution is 8.56. The van der Waals surface area contributed by atoms with Gasteiger partial charge in [-0.3, -0.25) is 18.9 Å². The second kappa shape index (κ2) is 11.8. The number of H-pyrrole nitrogens is 1. The predicted octanol–water partition coefficient (Wildman–Crippen LogP) is 2.31. The maximum atomic E-state index is 13.8. The molecule has 0 aromatic carbocycles. The molecule has 2 fully saturated rings. The molecule has 14 heteroatoms. The lowest BCUT2D eigenvalue weighted by Crippen LogP contribution is -2.43. The van der Waals surface area contributed by atoms with E-state index in [2.05, 4.69) is 10.1 Å². The number of ether oxygens (including phenoxy) is 2. The third-order valence-electron chi connectivity index (χ3n) is 6.02. The first-order valence-electron chi connectivity index (χ1n) is 11.7. The summed E-state index contributed by atoms with van der Waals surface area (Å²) >= 11 is 7.76. The highest BCUT2D eigenvalue weighted by Crippen LogP contribution is 2.61. The molecule has 2 heterocycles. The smallest absolute Gasteiger partial charge is 0.330 e. The third kappa shape index (κ3) is 7.21. The van der Waals surface area contributed by atoms with E-state index < -0.39 is 53.6 Å². The molecule has 1 aliphatic heterocycles. The number of aromatic nitrogens is 2. The summed E-state index contributed by atoms with van der Waals surface area (Å²) < 4.78 is 32.0. The summed E-state index contributed by atoms with van der Waals surface area (Å²) in [5, 5.41) is 24.2. The van der Waals surface area contributed by atoms with Crippen molar-refractivity contribution >= 4 is 29.7 Å². The molecule has 200 valence electrons. The van der Waals surface area contributed by atoms with E-state index in [4.69, 9.17) is 25.6 Å². The molecule has 3 rings (SSSR count). The van der Waals surface area contributed by atoms with Crippen LogP contribution in [0.2, 0.25) is 0 Å². The van der Waals surface area contributed by atoms with Gasteiger partial charge >= 0.3 is 12.4 Å².